The summed E-state index contributed by atoms with van der Waals surface area (Å²) < 4.78 is 12.8. The number of aromatic nitrogens is 4. The van der Waals surface area contributed by atoms with Gasteiger partial charge in [0.15, 0.2) is 11.1 Å². The Morgan fingerprint density at radius 3 is 2.85 bits per heavy atom. The van der Waals surface area contributed by atoms with Crippen LogP contribution in [0.1, 0.15) is 4.88 Å². The van der Waals surface area contributed by atoms with Gasteiger partial charge in [0, 0.05) is 11.4 Å². The van der Waals surface area contributed by atoms with Gasteiger partial charge < -0.3 is 19.0 Å². The van der Waals surface area contributed by atoms with E-state index in [-0.39, 0.29) is 5.49 Å². The number of hydrogen-bond donors (Lipinski definition) is 2. The third-order valence-electron chi connectivity index (χ3n) is 4.36. The number of ether oxygens (including phenoxy) is 2. The van der Waals surface area contributed by atoms with Gasteiger partial charge in [-0.15, -0.1) is 11.3 Å². The lowest BCUT2D eigenvalue weighted by Crippen LogP contribution is -2.13. The molecule has 0 radical (unpaired) electrons. The minimum atomic E-state index is 0.165. The van der Waals surface area contributed by atoms with Crippen LogP contribution in [0.4, 0.5) is 0 Å². The first kappa shape index (κ1) is 17.3. The number of fused-ring (bicyclic) bond motifs is 1. The van der Waals surface area contributed by atoms with E-state index < -0.39 is 0 Å². The number of nitrogens with one attached hydrogen (secondary N) is 2. The highest BCUT2D eigenvalue weighted by Gasteiger charge is 2.15. The van der Waals surface area contributed by atoms with Gasteiger partial charge in [-0.3, -0.25) is 5.41 Å². The van der Waals surface area contributed by atoms with Crippen molar-refractivity contribution in [3.8, 4) is 22.9 Å². The van der Waals surface area contributed by atoms with Gasteiger partial charge >= 0.3 is 0 Å². The summed E-state index contributed by atoms with van der Waals surface area (Å²) in [5.41, 5.74) is 2.24. The fourth-order valence-electron chi connectivity index (χ4n) is 2.96. The number of nitrogens with zero attached hydrogens (tertiary/aromatic N) is 3. The maximum absolute atomic E-state index is 8.14. The van der Waals surface area contributed by atoms with Gasteiger partial charge in [-0.25, -0.2) is 9.97 Å². The van der Waals surface area contributed by atoms with Crippen LogP contribution < -0.4 is 15.0 Å². The van der Waals surface area contributed by atoms with Crippen molar-refractivity contribution in [1.29, 1.82) is 5.41 Å². The highest BCUT2D eigenvalue weighted by molar-refractivity contribution is 7.09. The SMILES string of the molecule is COc1ccc(OC)c(-c2nc3c([nH]2)c(=N)ncn3CCc2cccs2)c1. The Bertz CT molecular complexity index is 1130. The molecule has 0 spiro atoms. The van der Waals surface area contributed by atoms with E-state index in [2.05, 4.69) is 21.4 Å². The minimum Gasteiger partial charge on any atom is -0.497 e. The zero-order valence-electron chi connectivity index (χ0n) is 15.0. The molecule has 0 aliphatic rings. The van der Waals surface area contributed by atoms with E-state index in [4.69, 9.17) is 19.9 Å². The van der Waals surface area contributed by atoms with E-state index in [0.29, 0.717) is 28.5 Å². The van der Waals surface area contributed by atoms with Crippen LogP contribution >= 0.6 is 11.3 Å². The van der Waals surface area contributed by atoms with Crippen LogP contribution in [0, 0.1) is 5.41 Å². The van der Waals surface area contributed by atoms with Crippen molar-refractivity contribution >= 4 is 22.5 Å². The lowest BCUT2D eigenvalue weighted by Gasteiger charge is -2.08. The lowest BCUT2D eigenvalue weighted by atomic mass is 10.2. The molecule has 0 amide bonds. The van der Waals surface area contributed by atoms with E-state index in [1.54, 1.807) is 31.9 Å². The molecule has 3 aromatic heterocycles. The zero-order valence-corrected chi connectivity index (χ0v) is 15.8. The maximum Gasteiger partial charge on any atom is 0.173 e. The molecule has 138 valence electrons. The first-order chi connectivity index (χ1) is 13.2. The number of rotatable bonds is 6. The number of thiophene rings is 1. The summed E-state index contributed by atoms with van der Waals surface area (Å²) in [7, 11) is 3.24. The first-order valence-corrected chi connectivity index (χ1v) is 9.32. The Labute approximate surface area is 159 Å². The fourth-order valence-corrected chi connectivity index (χ4v) is 3.66. The third kappa shape index (κ3) is 3.31. The van der Waals surface area contributed by atoms with Gasteiger partial charge in [0.05, 0.1) is 26.1 Å². The van der Waals surface area contributed by atoms with Crippen LogP contribution in [0.15, 0.2) is 42.0 Å². The summed E-state index contributed by atoms with van der Waals surface area (Å²) in [6.45, 7) is 0.740. The predicted molar refractivity (Wildman–Crippen MR) is 104 cm³/mol. The second-order valence-electron chi connectivity index (χ2n) is 5.97. The number of aromatic amines is 1. The third-order valence-corrected chi connectivity index (χ3v) is 5.30. The number of aryl methyl sites for hydroxylation is 2. The molecular weight excluding hydrogens is 362 g/mol. The second kappa shape index (κ2) is 7.24. The fraction of sp³-hybridized carbons (Fsp3) is 0.211. The number of H-pyrrole nitrogens is 1. The number of hydrogen-bond acceptors (Lipinski definition) is 6. The Hall–Kier alpha value is -3.13. The zero-order chi connectivity index (χ0) is 18.8. The van der Waals surface area contributed by atoms with Crippen molar-refractivity contribution in [1.82, 2.24) is 19.5 Å². The second-order valence-corrected chi connectivity index (χ2v) is 7.00. The molecule has 1 aromatic carbocycles. The highest BCUT2D eigenvalue weighted by Crippen LogP contribution is 2.32. The molecule has 0 saturated heterocycles. The van der Waals surface area contributed by atoms with Crippen molar-refractivity contribution in [3.05, 3.63) is 52.4 Å². The summed E-state index contributed by atoms with van der Waals surface area (Å²) in [5.74, 6) is 2.01. The molecule has 0 unspecified atom stereocenters. The Balaban J connectivity index is 1.79. The maximum atomic E-state index is 8.14. The summed E-state index contributed by atoms with van der Waals surface area (Å²) >= 11 is 1.73. The normalized spacial score (nSPS) is 11.0. The molecule has 2 N–H and O–H groups in total. The van der Waals surface area contributed by atoms with Crippen LogP contribution in [0.2, 0.25) is 0 Å². The van der Waals surface area contributed by atoms with Crippen molar-refractivity contribution in [2.24, 2.45) is 0 Å². The van der Waals surface area contributed by atoms with E-state index >= 15 is 0 Å². The van der Waals surface area contributed by atoms with Crippen LogP contribution in [0.5, 0.6) is 11.5 Å². The van der Waals surface area contributed by atoms with Gasteiger partial charge in [-0.05, 0) is 36.1 Å². The standard InChI is InChI=1S/C19H19N5O2S/c1-25-12-5-6-15(26-2)14(10-12)18-22-16-17(20)21-11-24(19(16)23-18)8-7-13-4-3-9-27-13/h3-6,9-11,20H,7-8H2,1-2H3,(H,22,23). The quantitative estimate of drug-likeness (QED) is 0.537. The molecule has 3 heterocycles. The van der Waals surface area contributed by atoms with Gasteiger partial charge in [-0.2, -0.15) is 0 Å². The summed E-state index contributed by atoms with van der Waals surface area (Å²) in [6.07, 6.45) is 2.56. The number of methoxy groups -OCH3 is 2. The van der Waals surface area contributed by atoms with E-state index in [9.17, 15) is 0 Å². The Morgan fingerprint density at radius 2 is 2.11 bits per heavy atom. The van der Waals surface area contributed by atoms with Gasteiger partial charge in [-0.1, -0.05) is 6.07 Å². The summed E-state index contributed by atoms with van der Waals surface area (Å²) in [5, 5.41) is 10.2. The van der Waals surface area contributed by atoms with Gasteiger partial charge in [0.25, 0.3) is 0 Å². The smallest absolute Gasteiger partial charge is 0.173 e. The average Bonchev–Trinajstić information content (AvgIpc) is 3.37. The molecule has 4 aromatic rings. The summed E-state index contributed by atoms with van der Waals surface area (Å²) in [6, 6.07) is 9.71. The van der Waals surface area contributed by atoms with Crippen LogP contribution in [-0.2, 0) is 13.0 Å². The molecule has 0 aliphatic heterocycles. The molecule has 0 bridgehead atoms. The van der Waals surface area contributed by atoms with Crippen molar-refractivity contribution in [3.63, 3.8) is 0 Å². The average molecular weight is 381 g/mol. The molecule has 0 saturated carbocycles. The van der Waals surface area contributed by atoms with Crippen LogP contribution in [0.25, 0.3) is 22.6 Å². The topological polar surface area (TPSA) is 88.8 Å². The Kier molecular flexibility index (Phi) is 4.64. The molecule has 0 atom stereocenters. The molecule has 0 aliphatic carbocycles. The molecule has 4 rings (SSSR count). The van der Waals surface area contributed by atoms with E-state index in [0.717, 1.165) is 18.5 Å². The highest BCUT2D eigenvalue weighted by atomic mass is 32.1. The van der Waals surface area contributed by atoms with E-state index in [1.165, 1.54) is 4.88 Å². The Morgan fingerprint density at radius 1 is 1.22 bits per heavy atom. The lowest BCUT2D eigenvalue weighted by molar-refractivity contribution is 0.404. The summed E-state index contributed by atoms with van der Waals surface area (Å²) in [4.78, 5) is 13.5. The van der Waals surface area contributed by atoms with E-state index in [1.807, 2.05) is 28.8 Å². The van der Waals surface area contributed by atoms with Crippen LogP contribution in [-0.4, -0.2) is 33.7 Å². The molecule has 27 heavy (non-hydrogen) atoms. The molecular formula is C19H19N5O2S. The predicted octanol–water partition coefficient (Wildman–Crippen LogP) is 3.23. The number of benzene rings is 1. The monoisotopic (exact) mass is 381 g/mol. The van der Waals surface area contributed by atoms with Crippen molar-refractivity contribution in [2.45, 2.75) is 13.0 Å². The first-order valence-electron chi connectivity index (χ1n) is 8.44. The van der Waals surface area contributed by atoms with Gasteiger partial charge in [0.1, 0.15) is 22.8 Å². The molecule has 7 nitrogen and oxygen atoms in total. The van der Waals surface area contributed by atoms with Gasteiger partial charge in [0.2, 0.25) is 0 Å². The number of imidazole rings is 1. The van der Waals surface area contributed by atoms with Crippen LogP contribution in [0.3, 0.4) is 0 Å². The van der Waals surface area contributed by atoms with Crippen molar-refractivity contribution < 1.29 is 9.47 Å². The minimum absolute atomic E-state index is 0.165. The molecule has 0 fully saturated rings. The van der Waals surface area contributed by atoms with Crippen molar-refractivity contribution in [2.75, 3.05) is 14.2 Å². The largest absolute Gasteiger partial charge is 0.497 e. The molecule has 8 heteroatoms.